The maximum Gasteiger partial charge on any atom is 0.263 e. The zero-order chi connectivity index (χ0) is 15.6. The van der Waals surface area contributed by atoms with Gasteiger partial charge in [-0.1, -0.05) is 58.3 Å². The van der Waals surface area contributed by atoms with Gasteiger partial charge in [-0.15, -0.1) is 0 Å². The first-order valence-electron chi connectivity index (χ1n) is 8.58. The fourth-order valence-electron chi connectivity index (χ4n) is 2.97. The van der Waals surface area contributed by atoms with Crippen LogP contribution in [0.5, 0.6) is 0 Å². The summed E-state index contributed by atoms with van der Waals surface area (Å²) in [6.07, 6.45) is 15.3. The van der Waals surface area contributed by atoms with Crippen molar-refractivity contribution in [3.8, 4) is 0 Å². The molecule has 4 nitrogen and oxygen atoms in total. The molecule has 1 rings (SSSR count). The van der Waals surface area contributed by atoms with Gasteiger partial charge in [0.15, 0.2) is 6.67 Å². The number of carbonyl (C=O) groups excluding carboxylic acids is 1. The summed E-state index contributed by atoms with van der Waals surface area (Å²) in [4.78, 5) is 13.3. The van der Waals surface area contributed by atoms with E-state index in [2.05, 4.69) is 6.92 Å². The highest BCUT2D eigenvalue weighted by Gasteiger charge is 2.32. The van der Waals surface area contributed by atoms with Gasteiger partial charge in [0.25, 0.3) is 6.09 Å². The van der Waals surface area contributed by atoms with Gasteiger partial charge in [0.05, 0.1) is 12.7 Å². The zero-order valence-electron chi connectivity index (χ0n) is 13.9. The summed E-state index contributed by atoms with van der Waals surface area (Å²) in [6, 6.07) is 0. The van der Waals surface area contributed by atoms with Gasteiger partial charge in [-0.05, 0) is 12.8 Å². The molecular formula is C17H32N2O2. The van der Waals surface area contributed by atoms with Crippen LogP contribution < -0.4 is 5.11 Å². The van der Waals surface area contributed by atoms with E-state index in [-0.39, 0.29) is 4.48 Å². The van der Waals surface area contributed by atoms with Crippen molar-refractivity contribution in [1.29, 1.82) is 0 Å². The van der Waals surface area contributed by atoms with Crippen LogP contribution in [-0.4, -0.2) is 35.7 Å². The van der Waals surface area contributed by atoms with Crippen molar-refractivity contribution in [1.82, 2.24) is 4.90 Å². The minimum absolute atomic E-state index is 0.0342. The molecule has 0 saturated carbocycles. The van der Waals surface area contributed by atoms with E-state index in [0.29, 0.717) is 13.2 Å². The van der Waals surface area contributed by atoms with Gasteiger partial charge in [0.1, 0.15) is 6.20 Å². The van der Waals surface area contributed by atoms with Crippen LogP contribution in [-0.2, 0) is 0 Å². The first-order valence-corrected chi connectivity index (χ1v) is 8.58. The van der Waals surface area contributed by atoms with Crippen molar-refractivity contribution < 1.29 is 14.4 Å². The third-order valence-electron chi connectivity index (χ3n) is 4.36. The molecule has 0 aliphatic carbocycles. The standard InChI is InChI=1S/C17H32N2O2/c1-3-4-5-6-7-8-9-10-11-12-14-19(17(20)21)15-13-18(2)16-19/h13,15H,3-12,14,16H2,1-2H3. The van der Waals surface area contributed by atoms with Crippen molar-refractivity contribution in [3.05, 3.63) is 12.4 Å². The Kier molecular flexibility index (Phi) is 8.43. The van der Waals surface area contributed by atoms with Crippen LogP contribution in [0.4, 0.5) is 4.79 Å². The minimum atomic E-state index is -0.980. The van der Waals surface area contributed by atoms with E-state index in [9.17, 15) is 9.90 Å². The summed E-state index contributed by atoms with van der Waals surface area (Å²) in [5.74, 6) is 0. The number of unbranched alkanes of at least 4 members (excludes halogenated alkanes) is 9. The monoisotopic (exact) mass is 296 g/mol. The molecule has 1 heterocycles. The summed E-state index contributed by atoms with van der Waals surface area (Å²) >= 11 is 0. The summed E-state index contributed by atoms with van der Waals surface area (Å²) in [5.41, 5.74) is 0. The summed E-state index contributed by atoms with van der Waals surface area (Å²) < 4.78 is -0.0342. The van der Waals surface area contributed by atoms with Gasteiger partial charge in [0, 0.05) is 7.05 Å². The highest BCUT2D eigenvalue weighted by molar-refractivity contribution is 5.55. The molecule has 0 N–H and O–H groups in total. The Balaban J connectivity index is 2.03. The summed E-state index contributed by atoms with van der Waals surface area (Å²) in [6.45, 7) is 3.40. The van der Waals surface area contributed by atoms with Crippen LogP contribution in [0.1, 0.15) is 71.1 Å². The van der Waals surface area contributed by atoms with Crippen molar-refractivity contribution in [2.24, 2.45) is 0 Å². The molecular weight excluding hydrogens is 264 g/mol. The maximum absolute atomic E-state index is 11.3. The van der Waals surface area contributed by atoms with E-state index < -0.39 is 6.09 Å². The predicted molar refractivity (Wildman–Crippen MR) is 84.1 cm³/mol. The van der Waals surface area contributed by atoms with Crippen molar-refractivity contribution >= 4 is 6.09 Å². The Morgan fingerprint density at radius 1 is 1.05 bits per heavy atom. The molecule has 0 spiro atoms. The molecule has 4 heteroatoms. The molecule has 1 aliphatic heterocycles. The largest absolute Gasteiger partial charge is 0.498 e. The number of carboxylic acid groups (broad SMARTS) is 1. The summed E-state index contributed by atoms with van der Waals surface area (Å²) in [7, 11) is 1.90. The third kappa shape index (κ3) is 6.51. The number of rotatable bonds is 11. The van der Waals surface area contributed by atoms with Crippen molar-refractivity contribution in [2.75, 3.05) is 20.3 Å². The molecule has 1 atom stereocenters. The van der Waals surface area contributed by atoms with Crippen molar-refractivity contribution in [2.45, 2.75) is 71.1 Å². The van der Waals surface area contributed by atoms with Crippen LogP contribution in [0, 0.1) is 0 Å². The smallest absolute Gasteiger partial charge is 0.263 e. The molecule has 1 aliphatic rings. The highest BCUT2D eigenvalue weighted by atomic mass is 16.4. The molecule has 0 bridgehead atoms. The number of quaternary nitrogens is 1. The topological polar surface area (TPSA) is 43.4 Å². The first kappa shape index (κ1) is 18.0. The minimum Gasteiger partial charge on any atom is -0.498 e. The number of amides is 1. The molecule has 21 heavy (non-hydrogen) atoms. The molecule has 0 radical (unpaired) electrons. The van der Waals surface area contributed by atoms with Gasteiger partial charge in [-0.25, -0.2) is 4.48 Å². The van der Waals surface area contributed by atoms with Gasteiger partial charge in [0.2, 0.25) is 0 Å². The zero-order valence-corrected chi connectivity index (χ0v) is 13.9. The third-order valence-corrected chi connectivity index (χ3v) is 4.36. The molecule has 1 unspecified atom stereocenters. The van der Waals surface area contributed by atoms with Gasteiger partial charge in [-0.3, -0.25) is 0 Å². The lowest BCUT2D eigenvalue weighted by Crippen LogP contribution is -2.56. The number of hydrogen-bond donors (Lipinski definition) is 0. The molecule has 0 fully saturated rings. The second-order valence-corrected chi connectivity index (χ2v) is 6.40. The molecule has 122 valence electrons. The van der Waals surface area contributed by atoms with Crippen LogP contribution in [0.25, 0.3) is 0 Å². The molecule has 0 saturated heterocycles. The molecule has 0 aromatic rings. The lowest BCUT2D eigenvalue weighted by molar-refractivity contribution is -0.830. The van der Waals surface area contributed by atoms with Gasteiger partial charge < -0.3 is 14.8 Å². The highest BCUT2D eigenvalue weighted by Crippen LogP contribution is 2.19. The SMILES string of the molecule is CCCCCCCCCCCC[N+]1(C(=O)[O-])C=CN(C)C1. The van der Waals surface area contributed by atoms with E-state index in [0.717, 1.165) is 12.8 Å². The van der Waals surface area contributed by atoms with E-state index in [1.807, 2.05) is 18.1 Å². The average molecular weight is 296 g/mol. The lowest BCUT2D eigenvalue weighted by atomic mass is 10.1. The van der Waals surface area contributed by atoms with Gasteiger partial charge in [-0.2, -0.15) is 0 Å². The maximum atomic E-state index is 11.3. The lowest BCUT2D eigenvalue weighted by Gasteiger charge is -2.31. The van der Waals surface area contributed by atoms with E-state index >= 15 is 0 Å². The van der Waals surface area contributed by atoms with Crippen LogP contribution >= 0.6 is 0 Å². The molecule has 0 aromatic carbocycles. The predicted octanol–water partition coefficient (Wildman–Crippen LogP) is 3.44. The van der Waals surface area contributed by atoms with E-state index in [4.69, 9.17) is 0 Å². The average Bonchev–Trinajstić information content (AvgIpc) is 2.84. The van der Waals surface area contributed by atoms with Crippen LogP contribution in [0.2, 0.25) is 0 Å². The van der Waals surface area contributed by atoms with E-state index in [1.165, 1.54) is 51.4 Å². The number of hydrogen-bond acceptors (Lipinski definition) is 3. The second kappa shape index (κ2) is 9.82. The van der Waals surface area contributed by atoms with Crippen LogP contribution in [0.3, 0.4) is 0 Å². The Labute approximate surface area is 130 Å². The Morgan fingerprint density at radius 3 is 2.00 bits per heavy atom. The summed E-state index contributed by atoms with van der Waals surface area (Å²) in [5, 5.41) is 11.3. The van der Waals surface area contributed by atoms with Crippen molar-refractivity contribution in [3.63, 3.8) is 0 Å². The number of nitrogens with zero attached hydrogens (tertiary/aromatic N) is 2. The quantitative estimate of drug-likeness (QED) is 0.433. The fraction of sp³-hybridized carbons (Fsp3) is 0.824. The molecule has 1 amide bonds. The fourth-order valence-corrected chi connectivity index (χ4v) is 2.97. The number of carbonyl (C=O) groups is 1. The second-order valence-electron chi connectivity index (χ2n) is 6.40. The Morgan fingerprint density at radius 2 is 1.57 bits per heavy atom. The normalized spacial score (nSPS) is 21.1. The Bertz CT molecular complexity index is 331. The van der Waals surface area contributed by atoms with E-state index in [1.54, 1.807) is 6.20 Å². The van der Waals surface area contributed by atoms with Gasteiger partial charge >= 0.3 is 0 Å². The van der Waals surface area contributed by atoms with Crippen LogP contribution in [0.15, 0.2) is 12.4 Å². The first-order chi connectivity index (χ1) is 10.1. The molecule has 0 aromatic heterocycles. The Hall–Kier alpha value is -1.03.